The van der Waals surface area contributed by atoms with Crippen molar-refractivity contribution in [2.45, 2.75) is 18.6 Å². The van der Waals surface area contributed by atoms with Crippen LogP contribution in [0, 0.1) is 0 Å². The third-order valence-electron chi connectivity index (χ3n) is 3.26. The Kier molecular flexibility index (Phi) is 4.01. The minimum atomic E-state index is -0.475. The summed E-state index contributed by atoms with van der Waals surface area (Å²) in [4.78, 5) is 29.5. The number of hydrogen-bond donors (Lipinski definition) is 2. The van der Waals surface area contributed by atoms with Crippen molar-refractivity contribution in [3.05, 3.63) is 34.2 Å². The van der Waals surface area contributed by atoms with Gasteiger partial charge in [0.05, 0.1) is 11.7 Å². The van der Waals surface area contributed by atoms with Gasteiger partial charge in [0.15, 0.2) is 0 Å². The lowest BCUT2D eigenvalue weighted by Gasteiger charge is -2.26. The largest absolute Gasteiger partial charge is 0.391 e. The second kappa shape index (κ2) is 5.54. The van der Waals surface area contributed by atoms with E-state index in [1.54, 1.807) is 4.90 Å². The maximum absolute atomic E-state index is 12.4. The monoisotopic (exact) mass is 265 g/mol. The molecule has 2 unspecified atom stereocenters. The fraction of sp³-hybridized carbons (Fsp3) is 0.538. The number of rotatable bonds is 3. The van der Waals surface area contributed by atoms with E-state index in [0.29, 0.717) is 25.1 Å². The number of aliphatic hydroxyl groups excluding tert-OH is 1. The van der Waals surface area contributed by atoms with Gasteiger partial charge in [-0.3, -0.25) is 9.59 Å². The van der Waals surface area contributed by atoms with Gasteiger partial charge >= 0.3 is 0 Å². The van der Waals surface area contributed by atoms with Crippen LogP contribution in [0.4, 0.5) is 0 Å². The maximum atomic E-state index is 12.4. The van der Waals surface area contributed by atoms with Gasteiger partial charge in [0.2, 0.25) is 5.56 Å². The Morgan fingerprint density at radius 1 is 1.53 bits per heavy atom. The van der Waals surface area contributed by atoms with Crippen LogP contribution in [0.25, 0.3) is 0 Å². The van der Waals surface area contributed by atoms with Gasteiger partial charge in [-0.25, -0.2) is 0 Å². The molecule has 2 N–H and O–H groups in total. The molecule has 0 aliphatic carbocycles. The molecule has 1 aliphatic heterocycles. The lowest BCUT2D eigenvalue weighted by atomic mass is 10.2. The Hall–Kier alpha value is -1.66. The number of carbonyl (C=O) groups excluding carboxylic acids is 1. The highest BCUT2D eigenvalue weighted by molar-refractivity contribution is 5.94. The van der Waals surface area contributed by atoms with Crippen LogP contribution in [-0.2, 0) is 0 Å². The number of aromatic amines is 1. The number of likely N-dealkylation sites (N-methyl/N-ethyl adjacent to an activating group) is 1. The molecule has 0 saturated carbocycles. The van der Waals surface area contributed by atoms with Crippen molar-refractivity contribution in [2.24, 2.45) is 0 Å². The Bertz CT molecular complexity index is 492. The minimum absolute atomic E-state index is 0.00410. The topological polar surface area (TPSA) is 76.6 Å². The van der Waals surface area contributed by atoms with Crippen molar-refractivity contribution >= 4 is 5.91 Å². The summed E-state index contributed by atoms with van der Waals surface area (Å²) in [7, 11) is 3.88. The first-order chi connectivity index (χ1) is 8.97. The van der Waals surface area contributed by atoms with E-state index in [1.165, 1.54) is 18.3 Å². The summed E-state index contributed by atoms with van der Waals surface area (Å²) in [6.45, 7) is 1.06. The van der Waals surface area contributed by atoms with Gasteiger partial charge in [0, 0.05) is 31.4 Å². The van der Waals surface area contributed by atoms with Crippen LogP contribution in [0.2, 0.25) is 0 Å². The first kappa shape index (κ1) is 13.8. The van der Waals surface area contributed by atoms with E-state index in [2.05, 4.69) is 4.98 Å². The molecule has 1 saturated heterocycles. The quantitative estimate of drug-likeness (QED) is 0.773. The van der Waals surface area contributed by atoms with Crippen molar-refractivity contribution in [3.63, 3.8) is 0 Å². The molecular weight excluding hydrogens is 246 g/mol. The lowest BCUT2D eigenvalue weighted by Crippen LogP contribution is -2.41. The van der Waals surface area contributed by atoms with Crippen molar-refractivity contribution in [3.8, 4) is 0 Å². The van der Waals surface area contributed by atoms with Gasteiger partial charge in [-0.15, -0.1) is 0 Å². The molecule has 0 aromatic carbocycles. The maximum Gasteiger partial charge on any atom is 0.255 e. The predicted molar refractivity (Wildman–Crippen MR) is 71.1 cm³/mol. The van der Waals surface area contributed by atoms with Gasteiger partial charge in [0.25, 0.3) is 5.91 Å². The molecule has 0 bridgehead atoms. The summed E-state index contributed by atoms with van der Waals surface area (Å²) in [5, 5.41) is 9.75. The Labute approximate surface area is 111 Å². The fourth-order valence-electron chi connectivity index (χ4n) is 2.44. The summed E-state index contributed by atoms with van der Waals surface area (Å²) < 4.78 is 0. The van der Waals surface area contributed by atoms with Crippen LogP contribution in [-0.4, -0.2) is 65.1 Å². The molecule has 2 rings (SSSR count). The smallest absolute Gasteiger partial charge is 0.255 e. The number of carbonyl (C=O) groups is 1. The van der Waals surface area contributed by atoms with E-state index >= 15 is 0 Å². The van der Waals surface area contributed by atoms with Gasteiger partial charge in [-0.05, 0) is 26.6 Å². The number of aromatic nitrogens is 1. The lowest BCUT2D eigenvalue weighted by molar-refractivity contribution is 0.0698. The highest BCUT2D eigenvalue weighted by Gasteiger charge is 2.34. The van der Waals surface area contributed by atoms with E-state index < -0.39 is 6.10 Å². The number of hydrogen-bond acceptors (Lipinski definition) is 4. The van der Waals surface area contributed by atoms with E-state index in [-0.39, 0.29) is 17.5 Å². The van der Waals surface area contributed by atoms with Crippen molar-refractivity contribution in [1.29, 1.82) is 0 Å². The zero-order valence-corrected chi connectivity index (χ0v) is 11.2. The fourth-order valence-corrected chi connectivity index (χ4v) is 2.44. The molecule has 2 atom stereocenters. The van der Waals surface area contributed by atoms with Crippen LogP contribution in [0.3, 0.4) is 0 Å². The molecule has 2 heterocycles. The second-order valence-electron chi connectivity index (χ2n) is 5.20. The van der Waals surface area contributed by atoms with Crippen molar-refractivity contribution in [2.75, 3.05) is 27.2 Å². The number of nitrogens with zero attached hydrogens (tertiary/aromatic N) is 2. The van der Waals surface area contributed by atoms with E-state index in [0.717, 1.165) is 0 Å². The first-order valence-corrected chi connectivity index (χ1v) is 6.30. The molecule has 1 amide bonds. The SMILES string of the molecule is CN(C)CC1CC(O)CN1C(=O)c1ccc(=O)[nH]c1. The zero-order valence-electron chi connectivity index (χ0n) is 11.2. The average Bonchev–Trinajstić information content (AvgIpc) is 2.69. The molecule has 1 aliphatic rings. The molecule has 6 nitrogen and oxygen atoms in total. The normalized spacial score (nSPS) is 23.1. The number of aliphatic hydroxyl groups is 1. The highest BCUT2D eigenvalue weighted by atomic mass is 16.3. The summed E-state index contributed by atoms with van der Waals surface area (Å²) >= 11 is 0. The number of nitrogens with one attached hydrogen (secondary N) is 1. The first-order valence-electron chi connectivity index (χ1n) is 6.30. The average molecular weight is 265 g/mol. The molecule has 19 heavy (non-hydrogen) atoms. The van der Waals surface area contributed by atoms with E-state index in [4.69, 9.17) is 0 Å². The Morgan fingerprint density at radius 2 is 2.26 bits per heavy atom. The molecule has 104 valence electrons. The number of likely N-dealkylation sites (tertiary alicyclic amines) is 1. The number of amides is 1. The van der Waals surface area contributed by atoms with Crippen LogP contribution in [0.5, 0.6) is 0 Å². The standard InChI is InChI=1S/C13H19N3O3/c1-15(2)7-10-5-11(17)8-16(10)13(19)9-3-4-12(18)14-6-9/h3-4,6,10-11,17H,5,7-8H2,1-2H3,(H,14,18). The van der Waals surface area contributed by atoms with Crippen LogP contribution >= 0.6 is 0 Å². The molecular formula is C13H19N3O3. The zero-order chi connectivity index (χ0) is 14.0. The third-order valence-corrected chi connectivity index (χ3v) is 3.26. The van der Waals surface area contributed by atoms with Gasteiger partial charge in [-0.1, -0.05) is 0 Å². The molecule has 1 aromatic rings. The second-order valence-corrected chi connectivity index (χ2v) is 5.20. The van der Waals surface area contributed by atoms with Crippen molar-refractivity contribution in [1.82, 2.24) is 14.8 Å². The van der Waals surface area contributed by atoms with Crippen molar-refractivity contribution < 1.29 is 9.90 Å². The van der Waals surface area contributed by atoms with Crippen LogP contribution < -0.4 is 5.56 Å². The van der Waals surface area contributed by atoms with Gasteiger partial charge < -0.3 is 19.9 Å². The highest BCUT2D eigenvalue weighted by Crippen LogP contribution is 2.20. The van der Waals surface area contributed by atoms with Gasteiger partial charge in [0.1, 0.15) is 0 Å². The number of H-pyrrole nitrogens is 1. The van der Waals surface area contributed by atoms with E-state index in [1.807, 2.05) is 19.0 Å². The molecule has 0 spiro atoms. The molecule has 1 aromatic heterocycles. The number of β-amino-alcohol motifs (C(OH)–C–C–N with tert-alkyl or cyclic N) is 1. The summed E-state index contributed by atoms with van der Waals surface area (Å²) in [6, 6.07) is 2.85. The van der Waals surface area contributed by atoms with Crippen LogP contribution in [0.15, 0.2) is 23.1 Å². The summed E-state index contributed by atoms with van der Waals surface area (Å²) in [5.41, 5.74) is 0.209. The van der Waals surface area contributed by atoms with E-state index in [9.17, 15) is 14.7 Å². The Morgan fingerprint density at radius 3 is 2.84 bits per heavy atom. The summed E-state index contributed by atoms with van der Waals surface area (Å²) in [5.74, 6) is -0.153. The molecule has 0 radical (unpaired) electrons. The third kappa shape index (κ3) is 3.21. The van der Waals surface area contributed by atoms with Gasteiger partial charge in [-0.2, -0.15) is 0 Å². The van der Waals surface area contributed by atoms with Crippen LogP contribution in [0.1, 0.15) is 16.8 Å². The summed E-state index contributed by atoms with van der Waals surface area (Å²) in [6.07, 6.45) is 1.53. The minimum Gasteiger partial charge on any atom is -0.391 e. The molecule has 1 fully saturated rings. The Balaban J connectivity index is 2.16. The number of pyridine rings is 1. The predicted octanol–water partition coefficient (Wildman–Crippen LogP) is -0.488. The molecule has 6 heteroatoms.